The van der Waals surface area contributed by atoms with Crippen LogP contribution in [0.25, 0.3) is 0 Å². The van der Waals surface area contributed by atoms with Crippen LogP contribution in [0.3, 0.4) is 0 Å². The summed E-state index contributed by atoms with van der Waals surface area (Å²) in [6.07, 6.45) is 3.88. The Hall–Kier alpha value is -0.940. The summed E-state index contributed by atoms with van der Waals surface area (Å²) in [7, 11) is 5.71. The van der Waals surface area contributed by atoms with E-state index in [9.17, 15) is 9.59 Å². The zero-order valence-electron chi connectivity index (χ0n) is 10.8. The van der Waals surface area contributed by atoms with Crippen molar-refractivity contribution in [1.29, 1.82) is 0 Å². The molecule has 1 saturated carbocycles. The van der Waals surface area contributed by atoms with Crippen LogP contribution >= 0.6 is 0 Å². The summed E-state index contributed by atoms with van der Waals surface area (Å²) in [5, 5.41) is 3.26. The van der Waals surface area contributed by atoms with E-state index in [1.807, 2.05) is 0 Å². The second kappa shape index (κ2) is 4.38. The van der Waals surface area contributed by atoms with E-state index >= 15 is 0 Å². The van der Waals surface area contributed by atoms with Crippen LogP contribution < -0.4 is 5.32 Å². The molecule has 1 saturated heterocycles. The number of hydrogen-bond acceptors (Lipinski definition) is 4. The highest BCUT2D eigenvalue weighted by atomic mass is 16.2. The predicted octanol–water partition coefficient (Wildman–Crippen LogP) is -0.182. The third-order valence-electron chi connectivity index (χ3n) is 4.29. The summed E-state index contributed by atoms with van der Waals surface area (Å²) in [5.74, 6) is -0.178. The minimum Gasteiger partial charge on any atom is -0.304 e. The van der Waals surface area contributed by atoms with E-state index in [0.717, 1.165) is 19.4 Å². The van der Waals surface area contributed by atoms with Crippen LogP contribution in [0.15, 0.2) is 0 Å². The van der Waals surface area contributed by atoms with Gasteiger partial charge in [0.25, 0.3) is 0 Å². The van der Waals surface area contributed by atoms with Gasteiger partial charge in [0.15, 0.2) is 0 Å². The zero-order valence-corrected chi connectivity index (χ0v) is 10.8. The number of imide groups is 1. The largest absolute Gasteiger partial charge is 0.304 e. The molecule has 5 heteroatoms. The number of nitrogens with zero attached hydrogens (tertiary/aromatic N) is 2. The molecule has 1 heterocycles. The van der Waals surface area contributed by atoms with Crippen molar-refractivity contribution in [2.24, 2.45) is 0 Å². The molecule has 2 fully saturated rings. The van der Waals surface area contributed by atoms with Crippen LogP contribution in [0.1, 0.15) is 25.7 Å². The number of likely N-dealkylation sites (N-methyl/N-ethyl adjacent to an activating group) is 2. The van der Waals surface area contributed by atoms with Gasteiger partial charge in [0.1, 0.15) is 0 Å². The third-order valence-corrected chi connectivity index (χ3v) is 4.29. The molecular formula is C12H21N3O2. The molecule has 17 heavy (non-hydrogen) atoms. The van der Waals surface area contributed by atoms with E-state index in [1.54, 1.807) is 7.05 Å². The van der Waals surface area contributed by atoms with Crippen molar-refractivity contribution >= 4 is 11.8 Å². The van der Waals surface area contributed by atoms with Crippen LogP contribution in [-0.4, -0.2) is 60.9 Å². The van der Waals surface area contributed by atoms with Gasteiger partial charge in [-0.3, -0.25) is 14.5 Å². The van der Waals surface area contributed by atoms with Crippen molar-refractivity contribution in [3.05, 3.63) is 0 Å². The highest BCUT2D eigenvalue weighted by Crippen LogP contribution is 2.35. The van der Waals surface area contributed by atoms with Gasteiger partial charge in [0.2, 0.25) is 11.8 Å². The molecule has 2 amide bonds. The van der Waals surface area contributed by atoms with E-state index in [1.165, 1.54) is 11.3 Å². The molecule has 1 unspecified atom stereocenters. The van der Waals surface area contributed by atoms with Crippen LogP contribution in [-0.2, 0) is 9.59 Å². The molecule has 1 aliphatic carbocycles. The van der Waals surface area contributed by atoms with Crippen LogP contribution in [0.5, 0.6) is 0 Å². The molecule has 0 aromatic rings. The van der Waals surface area contributed by atoms with Crippen molar-refractivity contribution in [2.45, 2.75) is 37.3 Å². The maximum Gasteiger partial charge on any atom is 0.246 e. The van der Waals surface area contributed by atoms with Crippen LogP contribution in [0, 0.1) is 0 Å². The molecule has 5 nitrogen and oxygen atoms in total. The Balaban J connectivity index is 1.91. The molecule has 0 aromatic carbocycles. The standard InChI is InChI=1S/C12H21N3O2/c1-14(2)12(5-4-6-12)8-13-9-7-10(16)15(3)11(9)17/h9,13H,4-8H2,1-3H3. The maximum absolute atomic E-state index is 11.7. The van der Waals surface area contributed by atoms with Crippen LogP contribution in [0.4, 0.5) is 0 Å². The predicted molar refractivity (Wildman–Crippen MR) is 64.5 cm³/mol. The lowest BCUT2D eigenvalue weighted by molar-refractivity contribution is -0.137. The summed E-state index contributed by atoms with van der Waals surface area (Å²) in [4.78, 5) is 26.6. The first-order valence-electron chi connectivity index (χ1n) is 6.17. The van der Waals surface area contributed by atoms with Gasteiger partial charge < -0.3 is 10.2 Å². The maximum atomic E-state index is 11.7. The van der Waals surface area contributed by atoms with Crippen molar-refractivity contribution in [3.63, 3.8) is 0 Å². The monoisotopic (exact) mass is 239 g/mol. The highest BCUT2D eigenvalue weighted by molar-refractivity contribution is 6.05. The highest BCUT2D eigenvalue weighted by Gasteiger charge is 2.42. The molecule has 0 bridgehead atoms. The van der Waals surface area contributed by atoms with Gasteiger partial charge in [-0.1, -0.05) is 0 Å². The van der Waals surface area contributed by atoms with E-state index in [4.69, 9.17) is 0 Å². The number of likely N-dealkylation sites (tertiary alicyclic amines) is 1. The van der Waals surface area contributed by atoms with Crippen molar-refractivity contribution in [1.82, 2.24) is 15.1 Å². The van der Waals surface area contributed by atoms with Crippen molar-refractivity contribution in [2.75, 3.05) is 27.7 Å². The van der Waals surface area contributed by atoms with Gasteiger partial charge in [-0.25, -0.2) is 0 Å². The first-order chi connectivity index (χ1) is 7.96. The molecule has 1 N–H and O–H groups in total. The number of carbonyl (C=O) groups excluding carboxylic acids is 2. The molecule has 96 valence electrons. The zero-order chi connectivity index (χ0) is 12.6. The van der Waals surface area contributed by atoms with Gasteiger partial charge in [-0.15, -0.1) is 0 Å². The van der Waals surface area contributed by atoms with Gasteiger partial charge >= 0.3 is 0 Å². The summed E-state index contributed by atoms with van der Waals surface area (Å²) in [6.45, 7) is 0.789. The summed E-state index contributed by atoms with van der Waals surface area (Å²) in [6, 6.07) is -0.315. The fourth-order valence-corrected chi connectivity index (χ4v) is 2.60. The van der Waals surface area contributed by atoms with E-state index in [-0.39, 0.29) is 23.4 Å². The van der Waals surface area contributed by atoms with Crippen molar-refractivity contribution < 1.29 is 9.59 Å². The minimum atomic E-state index is -0.315. The Kier molecular flexibility index (Phi) is 3.23. The van der Waals surface area contributed by atoms with Gasteiger partial charge in [-0.2, -0.15) is 0 Å². The number of hydrogen-bond donors (Lipinski definition) is 1. The van der Waals surface area contributed by atoms with E-state index in [0.29, 0.717) is 6.42 Å². The van der Waals surface area contributed by atoms with Gasteiger partial charge in [0, 0.05) is 19.1 Å². The molecule has 0 aromatic heterocycles. The topological polar surface area (TPSA) is 52.7 Å². The Bertz CT molecular complexity index is 337. The van der Waals surface area contributed by atoms with Crippen LogP contribution in [0.2, 0.25) is 0 Å². The minimum absolute atomic E-state index is 0.0833. The molecule has 1 aliphatic heterocycles. The summed E-state index contributed by atoms with van der Waals surface area (Å²) in [5.41, 5.74) is 0.185. The van der Waals surface area contributed by atoms with Gasteiger partial charge in [-0.05, 0) is 33.4 Å². The van der Waals surface area contributed by atoms with Gasteiger partial charge in [0.05, 0.1) is 12.5 Å². The summed E-state index contributed by atoms with van der Waals surface area (Å²) < 4.78 is 0. The second-order valence-electron chi connectivity index (χ2n) is 5.40. The lowest BCUT2D eigenvalue weighted by Crippen LogP contribution is -2.58. The number of nitrogens with one attached hydrogen (secondary N) is 1. The molecule has 2 rings (SSSR count). The molecule has 0 spiro atoms. The fraction of sp³-hybridized carbons (Fsp3) is 0.833. The normalized spacial score (nSPS) is 27.8. The Morgan fingerprint density at radius 3 is 2.41 bits per heavy atom. The SMILES string of the molecule is CN1C(=O)CC(NCC2(N(C)C)CCC2)C1=O. The number of carbonyl (C=O) groups is 2. The average molecular weight is 239 g/mol. The molecule has 0 radical (unpaired) electrons. The second-order valence-corrected chi connectivity index (χ2v) is 5.40. The van der Waals surface area contributed by atoms with Crippen molar-refractivity contribution in [3.8, 4) is 0 Å². The smallest absolute Gasteiger partial charge is 0.246 e. The number of amides is 2. The Labute approximate surface area is 102 Å². The Morgan fingerprint density at radius 2 is 2.06 bits per heavy atom. The first kappa shape index (κ1) is 12.5. The Morgan fingerprint density at radius 1 is 1.41 bits per heavy atom. The lowest BCUT2D eigenvalue weighted by Gasteiger charge is -2.48. The average Bonchev–Trinajstić information content (AvgIpc) is 2.44. The summed E-state index contributed by atoms with van der Waals surface area (Å²) >= 11 is 0. The lowest BCUT2D eigenvalue weighted by atomic mass is 9.75. The molecule has 1 atom stereocenters. The molecular weight excluding hydrogens is 218 g/mol. The fourth-order valence-electron chi connectivity index (χ4n) is 2.60. The van der Waals surface area contributed by atoms with E-state index < -0.39 is 0 Å². The number of rotatable bonds is 4. The molecule has 2 aliphatic rings. The first-order valence-corrected chi connectivity index (χ1v) is 6.17. The third kappa shape index (κ3) is 2.09. The quantitative estimate of drug-likeness (QED) is 0.691. The van der Waals surface area contributed by atoms with E-state index in [2.05, 4.69) is 24.3 Å².